The van der Waals surface area contributed by atoms with Crippen molar-refractivity contribution in [1.82, 2.24) is 25.0 Å². The summed E-state index contributed by atoms with van der Waals surface area (Å²) in [6.07, 6.45) is 8.81. The molecule has 5 rings (SSSR count). The first-order valence-corrected chi connectivity index (χ1v) is 10.1. The SMILES string of the molecule is O=C(c1cc2c(s1)CCCC2)N1CCC(c2nc(-c3ncccn3)no2)C1. The lowest BCUT2D eigenvalue weighted by molar-refractivity contribution is 0.0794. The molecule has 1 fully saturated rings. The second-order valence-corrected chi connectivity index (χ2v) is 8.17. The van der Waals surface area contributed by atoms with Gasteiger partial charge in [-0.2, -0.15) is 4.98 Å². The van der Waals surface area contributed by atoms with Crippen molar-refractivity contribution in [3.63, 3.8) is 0 Å². The maximum Gasteiger partial charge on any atom is 0.263 e. The zero-order chi connectivity index (χ0) is 18.2. The van der Waals surface area contributed by atoms with Crippen molar-refractivity contribution in [3.8, 4) is 11.6 Å². The maximum absolute atomic E-state index is 12.9. The fourth-order valence-electron chi connectivity index (χ4n) is 3.80. The molecule has 3 aromatic rings. The van der Waals surface area contributed by atoms with Crippen LogP contribution in [0.1, 0.15) is 51.2 Å². The van der Waals surface area contributed by atoms with Gasteiger partial charge in [-0.05, 0) is 49.8 Å². The highest BCUT2D eigenvalue weighted by atomic mass is 32.1. The lowest BCUT2D eigenvalue weighted by Gasteiger charge is -2.14. The first kappa shape index (κ1) is 16.6. The Balaban J connectivity index is 1.29. The van der Waals surface area contributed by atoms with Gasteiger partial charge < -0.3 is 9.42 Å². The summed E-state index contributed by atoms with van der Waals surface area (Å²) >= 11 is 1.67. The molecule has 2 aliphatic rings. The molecule has 0 N–H and O–H groups in total. The summed E-state index contributed by atoms with van der Waals surface area (Å²) in [5, 5.41) is 3.99. The van der Waals surface area contributed by atoms with Gasteiger partial charge in [0.15, 0.2) is 0 Å². The van der Waals surface area contributed by atoms with Crippen LogP contribution in [0.2, 0.25) is 0 Å². The van der Waals surface area contributed by atoms with E-state index >= 15 is 0 Å². The van der Waals surface area contributed by atoms with Crippen LogP contribution in [0.5, 0.6) is 0 Å². The largest absolute Gasteiger partial charge is 0.338 e. The Bertz CT molecular complexity index is 944. The number of carbonyl (C=O) groups is 1. The van der Waals surface area contributed by atoms with E-state index in [0.717, 1.165) is 24.1 Å². The summed E-state index contributed by atoms with van der Waals surface area (Å²) in [5.74, 6) is 1.58. The lowest BCUT2D eigenvalue weighted by Crippen LogP contribution is -2.27. The predicted octanol–water partition coefficient (Wildman–Crippen LogP) is 3.10. The van der Waals surface area contributed by atoms with Crippen LogP contribution in [0.3, 0.4) is 0 Å². The van der Waals surface area contributed by atoms with Crippen molar-refractivity contribution >= 4 is 17.2 Å². The minimum absolute atomic E-state index is 0.0634. The fourth-order valence-corrected chi connectivity index (χ4v) is 5.03. The number of thiophene rings is 1. The van der Waals surface area contributed by atoms with E-state index in [1.54, 1.807) is 29.8 Å². The van der Waals surface area contributed by atoms with Gasteiger partial charge in [-0.3, -0.25) is 4.79 Å². The van der Waals surface area contributed by atoms with Crippen molar-refractivity contribution < 1.29 is 9.32 Å². The zero-order valence-corrected chi connectivity index (χ0v) is 15.6. The second kappa shape index (κ2) is 6.84. The van der Waals surface area contributed by atoms with E-state index < -0.39 is 0 Å². The van der Waals surface area contributed by atoms with Gasteiger partial charge in [0.1, 0.15) is 0 Å². The van der Waals surface area contributed by atoms with Crippen LogP contribution in [-0.2, 0) is 12.8 Å². The van der Waals surface area contributed by atoms with Gasteiger partial charge in [-0.1, -0.05) is 5.16 Å². The van der Waals surface area contributed by atoms with E-state index in [0.29, 0.717) is 30.6 Å². The zero-order valence-electron chi connectivity index (χ0n) is 14.8. The van der Waals surface area contributed by atoms with Crippen molar-refractivity contribution in [2.24, 2.45) is 0 Å². The van der Waals surface area contributed by atoms with Crippen molar-refractivity contribution in [1.29, 1.82) is 0 Å². The Morgan fingerprint density at radius 2 is 2.04 bits per heavy atom. The van der Waals surface area contributed by atoms with Crippen LogP contribution in [0.15, 0.2) is 29.0 Å². The van der Waals surface area contributed by atoms with Gasteiger partial charge in [0.25, 0.3) is 5.91 Å². The second-order valence-electron chi connectivity index (χ2n) is 7.03. The summed E-state index contributed by atoms with van der Waals surface area (Å²) in [6.45, 7) is 1.32. The smallest absolute Gasteiger partial charge is 0.263 e. The molecule has 1 aliphatic heterocycles. The molecule has 0 saturated carbocycles. The van der Waals surface area contributed by atoms with Crippen molar-refractivity contribution in [3.05, 3.63) is 45.7 Å². The summed E-state index contributed by atoms with van der Waals surface area (Å²) in [4.78, 5) is 29.8. The van der Waals surface area contributed by atoms with Crippen molar-refractivity contribution in [2.75, 3.05) is 13.1 Å². The lowest BCUT2D eigenvalue weighted by atomic mass is 9.99. The van der Waals surface area contributed by atoms with E-state index in [1.807, 2.05) is 4.90 Å². The third kappa shape index (κ3) is 3.14. The van der Waals surface area contributed by atoms with Crippen LogP contribution < -0.4 is 0 Å². The summed E-state index contributed by atoms with van der Waals surface area (Å²) in [6, 6.07) is 3.85. The van der Waals surface area contributed by atoms with Gasteiger partial charge >= 0.3 is 0 Å². The minimum Gasteiger partial charge on any atom is -0.338 e. The molecule has 0 bridgehead atoms. The number of rotatable bonds is 3. The molecule has 0 aromatic carbocycles. The summed E-state index contributed by atoms with van der Waals surface area (Å²) in [5.41, 5.74) is 1.37. The minimum atomic E-state index is 0.0634. The molecule has 8 heteroatoms. The number of carbonyl (C=O) groups excluding carboxylic acids is 1. The number of likely N-dealkylation sites (tertiary alicyclic amines) is 1. The molecule has 138 valence electrons. The predicted molar refractivity (Wildman–Crippen MR) is 99.5 cm³/mol. The molecule has 4 heterocycles. The Morgan fingerprint density at radius 3 is 2.89 bits per heavy atom. The Kier molecular flexibility index (Phi) is 4.20. The number of hydrogen-bond acceptors (Lipinski definition) is 7. The normalized spacial score (nSPS) is 19.3. The molecule has 1 unspecified atom stereocenters. The topological polar surface area (TPSA) is 85.0 Å². The molecule has 3 aromatic heterocycles. The standard InChI is InChI=1S/C19H19N5O2S/c25-19(15-10-12-4-1-2-5-14(12)27-15)24-9-6-13(11-24)18-22-17(23-26-18)16-20-7-3-8-21-16/h3,7-8,10,13H,1-2,4-6,9,11H2. The quantitative estimate of drug-likeness (QED) is 0.693. The van der Waals surface area contributed by atoms with Gasteiger partial charge in [-0.15, -0.1) is 11.3 Å². The van der Waals surface area contributed by atoms with Gasteiger partial charge in [-0.25, -0.2) is 9.97 Å². The molecule has 7 nitrogen and oxygen atoms in total. The Labute approximate surface area is 160 Å². The number of nitrogens with zero attached hydrogens (tertiary/aromatic N) is 5. The van der Waals surface area contributed by atoms with Crippen molar-refractivity contribution in [2.45, 2.75) is 38.0 Å². The highest BCUT2D eigenvalue weighted by Gasteiger charge is 2.33. The average molecular weight is 381 g/mol. The van der Waals surface area contributed by atoms with E-state index in [1.165, 1.54) is 23.3 Å². The number of aromatic nitrogens is 4. The molecule has 1 aliphatic carbocycles. The van der Waals surface area contributed by atoms with Gasteiger partial charge in [0.2, 0.25) is 17.5 Å². The highest BCUT2D eigenvalue weighted by Crippen LogP contribution is 2.33. The molecular weight excluding hydrogens is 362 g/mol. The van der Waals surface area contributed by atoms with Gasteiger partial charge in [0.05, 0.1) is 10.8 Å². The fraction of sp³-hybridized carbons (Fsp3) is 0.421. The number of fused-ring (bicyclic) bond motifs is 1. The molecule has 0 spiro atoms. The molecule has 0 radical (unpaired) electrons. The number of hydrogen-bond donors (Lipinski definition) is 0. The monoisotopic (exact) mass is 381 g/mol. The molecular formula is C19H19N5O2S. The number of amides is 1. The van der Waals surface area contributed by atoms with Crippen LogP contribution in [0.4, 0.5) is 0 Å². The van der Waals surface area contributed by atoms with Gasteiger partial charge in [0, 0.05) is 30.4 Å². The van der Waals surface area contributed by atoms with E-state index in [2.05, 4.69) is 26.2 Å². The number of aryl methyl sites for hydroxylation is 2. The summed E-state index contributed by atoms with van der Waals surface area (Å²) in [7, 11) is 0. The van der Waals surface area contributed by atoms with E-state index in [4.69, 9.17) is 4.52 Å². The van der Waals surface area contributed by atoms with E-state index in [9.17, 15) is 4.79 Å². The average Bonchev–Trinajstić information content (AvgIpc) is 3.46. The maximum atomic E-state index is 12.9. The Morgan fingerprint density at radius 1 is 1.19 bits per heavy atom. The van der Waals surface area contributed by atoms with Crippen LogP contribution in [0.25, 0.3) is 11.6 Å². The van der Waals surface area contributed by atoms with Crippen LogP contribution in [-0.4, -0.2) is 44.0 Å². The molecule has 1 amide bonds. The van der Waals surface area contributed by atoms with Crippen LogP contribution in [0, 0.1) is 0 Å². The van der Waals surface area contributed by atoms with E-state index in [-0.39, 0.29) is 11.8 Å². The first-order chi connectivity index (χ1) is 13.3. The molecule has 1 atom stereocenters. The Hall–Kier alpha value is -2.61. The molecule has 27 heavy (non-hydrogen) atoms. The molecule has 1 saturated heterocycles. The summed E-state index contributed by atoms with van der Waals surface area (Å²) < 4.78 is 5.43. The third-order valence-electron chi connectivity index (χ3n) is 5.24. The first-order valence-electron chi connectivity index (χ1n) is 9.30. The highest BCUT2D eigenvalue weighted by molar-refractivity contribution is 7.14. The van der Waals surface area contributed by atoms with Crippen LogP contribution >= 0.6 is 11.3 Å². The third-order valence-corrected chi connectivity index (χ3v) is 6.46.